The number of cyclic esters (lactones) is 1. The Balaban J connectivity index is 2.63. The van der Waals surface area contributed by atoms with E-state index in [2.05, 4.69) is 10.1 Å². The van der Waals surface area contributed by atoms with Gasteiger partial charge in [-0.15, -0.1) is 0 Å². The number of alkyl carbamates (subject to hydrolysis) is 1. The standard InChI is InChI=1S/C5H7NO4/c1-2-3(4(7)8)10-5(9)6-2/h2-3H,1H3,(H,6,9)(H,7,8)/t2-,3?/m1/s1. The van der Waals surface area contributed by atoms with E-state index in [1.54, 1.807) is 6.92 Å². The van der Waals surface area contributed by atoms with Crippen LogP contribution in [-0.2, 0) is 9.53 Å². The molecule has 0 spiro atoms. The van der Waals surface area contributed by atoms with E-state index in [1.165, 1.54) is 0 Å². The predicted molar refractivity (Wildman–Crippen MR) is 30.5 cm³/mol. The van der Waals surface area contributed by atoms with Crippen molar-refractivity contribution in [2.75, 3.05) is 0 Å². The van der Waals surface area contributed by atoms with E-state index >= 15 is 0 Å². The lowest BCUT2D eigenvalue weighted by atomic mass is 10.2. The lowest BCUT2D eigenvalue weighted by Crippen LogP contribution is -2.33. The summed E-state index contributed by atoms with van der Waals surface area (Å²) in [5.41, 5.74) is 0. The molecule has 1 heterocycles. The van der Waals surface area contributed by atoms with Crippen LogP contribution in [0.25, 0.3) is 0 Å². The Hall–Kier alpha value is -1.26. The van der Waals surface area contributed by atoms with Gasteiger partial charge < -0.3 is 15.2 Å². The van der Waals surface area contributed by atoms with Gasteiger partial charge in [-0.2, -0.15) is 0 Å². The number of ether oxygens (including phenoxy) is 1. The summed E-state index contributed by atoms with van der Waals surface area (Å²) in [5.74, 6) is -1.12. The first kappa shape index (κ1) is 6.85. The predicted octanol–water partition coefficient (Wildman–Crippen LogP) is -0.432. The average molecular weight is 145 g/mol. The van der Waals surface area contributed by atoms with Crippen LogP contribution in [0.1, 0.15) is 6.92 Å². The molecule has 1 amide bonds. The second-order valence-corrected chi connectivity index (χ2v) is 2.10. The second-order valence-electron chi connectivity index (χ2n) is 2.10. The van der Waals surface area contributed by atoms with Crippen molar-refractivity contribution in [2.45, 2.75) is 19.1 Å². The van der Waals surface area contributed by atoms with Gasteiger partial charge in [0.15, 0.2) is 0 Å². The topological polar surface area (TPSA) is 75.6 Å². The molecule has 5 heteroatoms. The Morgan fingerprint density at radius 1 is 1.80 bits per heavy atom. The van der Waals surface area contributed by atoms with Gasteiger partial charge in [0.05, 0.1) is 6.04 Å². The molecule has 1 aliphatic heterocycles. The summed E-state index contributed by atoms with van der Waals surface area (Å²) in [5, 5.41) is 10.7. The van der Waals surface area contributed by atoms with Crippen LogP contribution >= 0.6 is 0 Å². The van der Waals surface area contributed by atoms with Gasteiger partial charge in [0.1, 0.15) is 0 Å². The van der Waals surface area contributed by atoms with E-state index < -0.39 is 24.2 Å². The molecule has 0 radical (unpaired) electrons. The van der Waals surface area contributed by atoms with E-state index in [0.717, 1.165) is 0 Å². The Labute approximate surface area is 57.0 Å². The summed E-state index contributed by atoms with van der Waals surface area (Å²) in [6, 6.07) is -0.440. The summed E-state index contributed by atoms with van der Waals surface area (Å²) in [4.78, 5) is 20.6. The molecular formula is C5H7NO4. The van der Waals surface area contributed by atoms with Gasteiger partial charge in [0.2, 0.25) is 6.10 Å². The van der Waals surface area contributed by atoms with Gasteiger partial charge in [-0.3, -0.25) is 0 Å². The maximum absolute atomic E-state index is 10.4. The van der Waals surface area contributed by atoms with Crippen molar-refractivity contribution >= 4 is 12.1 Å². The first-order chi connectivity index (χ1) is 4.61. The molecule has 1 aliphatic rings. The molecular weight excluding hydrogens is 138 g/mol. The first-order valence-electron chi connectivity index (χ1n) is 2.81. The first-order valence-corrected chi connectivity index (χ1v) is 2.81. The molecule has 2 N–H and O–H groups in total. The zero-order chi connectivity index (χ0) is 7.72. The van der Waals surface area contributed by atoms with Crippen LogP contribution in [0, 0.1) is 0 Å². The van der Waals surface area contributed by atoms with Gasteiger partial charge in [-0.1, -0.05) is 0 Å². The monoisotopic (exact) mass is 145 g/mol. The lowest BCUT2D eigenvalue weighted by molar-refractivity contribution is -0.145. The van der Waals surface area contributed by atoms with Crippen LogP contribution in [0.5, 0.6) is 0 Å². The number of hydrogen-bond donors (Lipinski definition) is 2. The smallest absolute Gasteiger partial charge is 0.408 e. The van der Waals surface area contributed by atoms with Crippen molar-refractivity contribution < 1.29 is 19.4 Å². The molecule has 0 bridgehead atoms. The summed E-state index contributed by atoms with van der Waals surface area (Å²) >= 11 is 0. The van der Waals surface area contributed by atoms with Crippen molar-refractivity contribution in [1.29, 1.82) is 0 Å². The van der Waals surface area contributed by atoms with E-state index in [-0.39, 0.29) is 0 Å². The largest absolute Gasteiger partial charge is 0.478 e. The zero-order valence-corrected chi connectivity index (χ0v) is 5.33. The molecule has 0 aromatic heterocycles. The third-order valence-electron chi connectivity index (χ3n) is 1.28. The molecule has 1 saturated heterocycles. The number of nitrogens with one attached hydrogen (secondary N) is 1. The number of amides is 1. The van der Waals surface area contributed by atoms with Gasteiger partial charge >= 0.3 is 12.1 Å². The Bertz CT molecular complexity index is 178. The summed E-state index contributed by atoms with van der Waals surface area (Å²) in [7, 11) is 0. The lowest BCUT2D eigenvalue weighted by Gasteiger charge is -2.04. The van der Waals surface area contributed by atoms with Crippen LogP contribution in [-0.4, -0.2) is 29.3 Å². The Morgan fingerprint density at radius 2 is 2.40 bits per heavy atom. The van der Waals surface area contributed by atoms with E-state index in [9.17, 15) is 9.59 Å². The van der Waals surface area contributed by atoms with Crippen LogP contribution < -0.4 is 5.32 Å². The third-order valence-corrected chi connectivity index (χ3v) is 1.28. The summed E-state index contributed by atoms with van der Waals surface area (Å²) in [6.07, 6.45) is -1.70. The van der Waals surface area contributed by atoms with Gasteiger partial charge in [0, 0.05) is 0 Å². The van der Waals surface area contributed by atoms with Crippen molar-refractivity contribution in [1.82, 2.24) is 5.32 Å². The van der Waals surface area contributed by atoms with Crippen LogP contribution in [0.2, 0.25) is 0 Å². The number of carboxylic acids is 1. The Kier molecular flexibility index (Phi) is 1.48. The minimum atomic E-state index is -1.12. The van der Waals surface area contributed by atoms with Crippen molar-refractivity contribution in [3.63, 3.8) is 0 Å². The van der Waals surface area contributed by atoms with Gasteiger partial charge in [0.25, 0.3) is 0 Å². The molecule has 10 heavy (non-hydrogen) atoms. The minimum absolute atomic E-state index is 0.440. The third kappa shape index (κ3) is 1.02. The highest BCUT2D eigenvalue weighted by Crippen LogP contribution is 2.07. The SMILES string of the molecule is C[C@H]1NC(=O)OC1C(=O)O. The molecule has 0 aliphatic carbocycles. The van der Waals surface area contributed by atoms with Crippen molar-refractivity contribution in [3.05, 3.63) is 0 Å². The number of aliphatic carboxylic acids is 1. The van der Waals surface area contributed by atoms with Crippen molar-refractivity contribution in [2.24, 2.45) is 0 Å². The second kappa shape index (κ2) is 2.17. The van der Waals surface area contributed by atoms with Gasteiger partial charge in [-0.05, 0) is 6.92 Å². The van der Waals surface area contributed by atoms with Crippen LogP contribution in [0.3, 0.4) is 0 Å². The molecule has 0 aromatic carbocycles. The highest BCUT2D eigenvalue weighted by Gasteiger charge is 2.36. The number of carbonyl (C=O) groups excluding carboxylic acids is 1. The normalized spacial score (nSPS) is 31.1. The highest BCUT2D eigenvalue weighted by molar-refractivity contribution is 5.81. The molecule has 1 fully saturated rings. The average Bonchev–Trinajstić information content (AvgIpc) is 2.10. The summed E-state index contributed by atoms with van der Waals surface area (Å²) < 4.78 is 4.39. The summed E-state index contributed by atoms with van der Waals surface area (Å²) in [6.45, 7) is 1.57. The van der Waals surface area contributed by atoms with E-state index in [1.807, 2.05) is 0 Å². The van der Waals surface area contributed by atoms with E-state index in [4.69, 9.17) is 5.11 Å². The molecule has 5 nitrogen and oxygen atoms in total. The highest BCUT2D eigenvalue weighted by atomic mass is 16.6. The molecule has 0 saturated carbocycles. The van der Waals surface area contributed by atoms with Crippen LogP contribution in [0.4, 0.5) is 4.79 Å². The number of hydrogen-bond acceptors (Lipinski definition) is 3. The molecule has 1 rings (SSSR count). The molecule has 56 valence electrons. The maximum atomic E-state index is 10.4. The quantitative estimate of drug-likeness (QED) is 0.524. The fourth-order valence-electron chi connectivity index (χ4n) is 0.777. The van der Waals surface area contributed by atoms with Crippen LogP contribution in [0.15, 0.2) is 0 Å². The van der Waals surface area contributed by atoms with Crippen molar-refractivity contribution in [3.8, 4) is 0 Å². The Morgan fingerprint density at radius 3 is 2.60 bits per heavy atom. The minimum Gasteiger partial charge on any atom is -0.478 e. The van der Waals surface area contributed by atoms with Gasteiger partial charge in [-0.25, -0.2) is 9.59 Å². The molecule has 1 unspecified atom stereocenters. The maximum Gasteiger partial charge on any atom is 0.408 e. The zero-order valence-electron chi connectivity index (χ0n) is 5.33. The fourth-order valence-corrected chi connectivity index (χ4v) is 0.777. The number of carbonyl (C=O) groups is 2. The fraction of sp³-hybridized carbons (Fsp3) is 0.600. The molecule has 2 atom stereocenters. The number of rotatable bonds is 1. The van der Waals surface area contributed by atoms with E-state index in [0.29, 0.717) is 0 Å². The molecule has 0 aromatic rings. The number of carboxylic acid groups (broad SMARTS) is 1.